The number of carbonyl (C=O) groups excluding carboxylic acids is 2. The van der Waals surface area contributed by atoms with Gasteiger partial charge in [-0.2, -0.15) is 17.5 Å². The minimum atomic E-state index is -4.44. The summed E-state index contributed by atoms with van der Waals surface area (Å²) in [5.41, 5.74) is -0.0532. The first-order valence-corrected chi connectivity index (χ1v) is 11.8. The fourth-order valence-corrected chi connectivity index (χ4v) is 5.12. The Kier molecular flexibility index (Phi) is 6.19. The van der Waals surface area contributed by atoms with Gasteiger partial charge in [-0.25, -0.2) is 8.42 Å². The van der Waals surface area contributed by atoms with E-state index in [1.165, 1.54) is 36.4 Å². The number of rotatable bonds is 6. The summed E-state index contributed by atoms with van der Waals surface area (Å²) in [4.78, 5) is 26.3. The second-order valence-corrected chi connectivity index (χ2v) is 10.0. The lowest BCUT2D eigenvalue weighted by atomic mass is 10.1. The molecule has 0 spiro atoms. The summed E-state index contributed by atoms with van der Waals surface area (Å²) in [6.45, 7) is 0.168. The smallest absolute Gasteiger partial charge is 0.354 e. The average molecular weight is 481 g/mol. The molecule has 2 aromatic carbocycles. The molecule has 4 rings (SSSR count). The van der Waals surface area contributed by atoms with E-state index in [2.05, 4.69) is 5.32 Å². The maximum absolute atomic E-state index is 13.2. The van der Waals surface area contributed by atoms with Crippen LogP contribution in [0.15, 0.2) is 53.4 Å². The molecule has 0 unspecified atom stereocenters. The molecule has 2 fully saturated rings. The lowest BCUT2D eigenvalue weighted by Gasteiger charge is -2.26. The van der Waals surface area contributed by atoms with Crippen molar-refractivity contribution in [2.24, 2.45) is 0 Å². The molecule has 1 saturated carbocycles. The maximum Gasteiger partial charge on any atom is 0.416 e. The van der Waals surface area contributed by atoms with Gasteiger partial charge in [0.05, 0.1) is 17.0 Å². The van der Waals surface area contributed by atoms with Crippen LogP contribution in [-0.4, -0.2) is 55.1 Å². The molecule has 11 heteroatoms. The topological polar surface area (TPSA) is 86.8 Å². The number of carbonyl (C=O) groups is 2. The van der Waals surface area contributed by atoms with Gasteiger partial charge in [-0.15, -0.1) is 0 Å². The van der Waals surface area contributed by atoms with Gasteiger partial charge in [-0.3, -0.25) is 9.59 Å². The van der Waals surface area contributed by atoms with E-state index in [1.807, 2.05) is 0 Å². The second-order valence-electron chi connectivity index (χ2n) is 8.08. The van der Waals surface area contributed by atoms with Crippen molar-refractivity contribution in [2.75, 3.05) is 19.6 Å². The Morgan fingerprint density at radius 2 is 1.82 bits per heavy atom. The van der Waals surface area contributed by atoms with E-state index in [0.29, 0.717) is 5.56 Å². The van der Waals surface area contributed by atoms with Crippen molar-refractivity contribution < 1.29 is 31.2 Å². The lowest BCUT2D eigenvalue weighted by molar-refractivity contribution is -0.137. The van der Waals surface area contributed by atoms with Crippen LogP contribution in [0, 0.1) is 0 Å². The Hall–Kier alpha value is -2.92. The van der Waals surface area contributed by atoms with E-state index in [-0.39, 0.29) is 42.7 Å². The minimum absolute atomic E-state index is 0.0501. The molecule has 1 saturated heterocycles. The zero-order chi connectivity index (χ0) is 23.8. The van der Waals surface area contributed by atoms with Crippen molar-refractivity contribution in [3.8, 4) is 0 Å². The molecule has 2 aromatic rings. The van der Waals surface area contributed by atoms with Crippen LogP contribution in [0.2, 0.25) is 0 Å². The molecule has 0 atom stereocenters. The zero-order valence-electron chi connectivity index (χ0n) is 17.5. The molecule has 1 aliphatic heterocycles. The first kappa shape index (κ1) is 23.2. The molecule has 33 heavy (non-hydrogen) atoms. The van der Waals surface area contributed by atoms with E-state index in [1.54, 1.807) is 4.90 Å². The molecule has 2 amide bonds. The Balaban J connectivity index is 1.55. The SMILES string of the molecule is O=C1CN(S(=O)(=O)c2cccc(C(=O)N(Cc3ccc(C(F)(F)F)cc3)C3CC3)c2)CCN1. The van der Waals surface area contributed by atoms with Crippen LogP contribution >= 0.6 is 0 Å². The summed E-state index contributed by atoms with van der Waals surface area (Å²) < 4.78 is 65.4. The van der Waals surface area contributed by atoms with Crippen LogP contribution in [0.5, 0.6) is 0 Å². The van der Waals surface area contributed by atoms with Gasteiger partial charge in [0.15, 0.2) is 0 Å². The van der Waals surface area contributed by atoms with Crippen LogP contribution in [0.3, 0.4) is 0 Å². The number of nitrogens with zero attached hydrogens (tertiary/aromatic N) is 2. The van der Waals surface area contributed by atoms with E-state index in [9.17, 15) is 31.2 Å². The first-order chi connectivity index (χ1) is 15.6. The molecule has 1 aliphatic carbocycles. The Bertz CT molecular complexity index is 1160. The van der Waals surface area contributed by atoms with Crippen molar-refractivity contribution in [1.82, 2.24) is 14.5 Å². The van der Waals surface area contributed by atoms with E-state index < -0.39 is 33.6 Å². The third kappa shape index (κ3) is 5.19. The monoisotopic (exact) mass is 481 g/mol. The molecule has 0 bridgehead atoms. The van der Waals surface area contributed by atoms with Gasteiger partial charge >= 0.3 is 6.18 Å². The highest BCUT2D eigenvalue weighted by Gasteiger charge is 2.35. The molecule has 176 valence electrons. The summed E-state index contributed by atoms with van der Waals surface area (Å²) in [6, 6.07) is 10.2. The van der Waals surface area contributed by atoms with E-state index >= 15 is 0 Å². The molecule has 0 radical (unpaired) electrons. The summed E-state index contributed by atoms with van der Waals surface area (Å²) in [5, 5.41) is 2.57. The minimum Gasteiger partial charge on any atom is -0.354 e. The highest BCUT2D eigenvalue weighted by Crippen LogP contribution is 2.32. The highest BCUT2D eigenvalue weighted by atomic mass is 32.2. The Morgan fingerprint density at radius 3 is 2.42 bits per heavy atom. The zero-order valence-corrected chi connectivity index (χ0v) is 18.3. The van der Waals surface area contributed by atoms with Crippen LogP contribution in [0.4, 0.5) is 13.2 Å². The van der Waals surface area contributed by atoms with Gasteiger partial charge in [-0.1, -0.05) is 18.2 Å². The van der Waals surface area contributed by atoms with Crippen molar-refractivity contribution >= 4 is 21.8 Å². The predicted molar refractivity (Wildman–Crippen MR) is 113 cm³/mol. The molecular formula is C22H22F3N3O4S. The van der Waals surface area contributed by atoms with Gasteiger partial charge in [-0.05, 0) is 48.7 Å². The average Bonchev–Trinajstić information content (AvgIpc) is 3.62. The standard InChI is InChI=1S/C22H22F3N3O4S/c23-22(24,25)17-6-4-15(5-7-17)13-28(18-8-9-18)21(30)16-2-1-3-19(12-16)33(31,32)27-11-10-26-20(29)14-27/h1-7,12,18H,8-11,13-14H2,(H,26,29). The lowest BCUT2D eigenvalue weighted by Crippen LogP contribution is -2.49. The molecule has 1 heterocycles. The fourth-order valence-electron chi connectivity index (χ4n) is 3.67. The van der Waals surface area contributed by atoms with Crippen LogP contribution in [0.1, 0.15) is 34.3 Å². The number of hydrogen-bond acceptors (Lipinski definition) is 4. The normalized spacial score (nSPS) is 17.5. The van der Waals surface area contributed by atoms with Crippen molar-refractivity contribution in [1.29, 1.82) is 0 Å². The Labute approximate surface area is 189 Å². The van der Waals surface area contributed by atoms with Crippen LogP contribution < -0.4 is 5.32 Å². The largest absolute Gasteiger partial charge is 0.416 e. The highest BCUT2D eigenvalue weighted by molar-refractivity contribution is 7.89. The van der Waals surface area contributed by atoms with Crippen LogP contribution in [-0.2, 0) is 27.5 Å². The molecule has 2 aliphatic rings. The quantitative estimate of drug-likeness (QED) is 0.687. The summed E-state index contributed by atoms with van der Waals surface area (Å²) in [7, 11) is -3.96. The van der Waals surface area contributed by atoms with Gasteiger partial charge in [0, 0.05) is 31.2 Å². The predicted octanol–water partition coefficient (Wildman–Crippen LogP) is 2.63. The number of hydrogen-bond donors (Lipinski definition) is 1. The molecule has 1 N–H and O–H groups in total. The number of amides is 2. The van der Waals surface area contributed by atoms with E-state index in [4.69, 9.17) is 0 Å². The molecule has 0 aromatic heterocycles. The van der Waals surface area contributed by atoms with Gasteiger partial charge < -0.3 is 10.2 Å². The van der Waals surface area contributed by atoms with Crippen LogP contribution in [0.25, 0.3) is 0 Å². The number of alkyl halides is 3. The summed E-state index contributed by atoms with van der Waals surface area (Å²) in [6.07, 6.45) is -2.90. The summed E-state index contributed by atoms with van der Waals surface area (Å²) >= 11 is 0. The molecular weight excluding hydrogens is 459 g/mol. The second kappa shape index (κ2) is 8.79. The van der Waals surface area contributed by atoms with Gasteiger partial charge in [0.1, 0.15) is 0 Å². The molecule has 7 nitrogen and oxygen atoms in total. The Morgan fingerprint density at radius 1 is 1.12 bits per heavy atom. The third-order valence-electron chi connectivity index (χ3n) is 5.60. The van der Waals surface area contributed by atoms with Crippen molar-refractivity contribution in [2.45, 2.75) is 36.5 Å². The number of halogens is 3. The number of benzene rings is 2. The van der Waals surface area contributed by atoms with Crippen molar-refractivity contribution in [3.63, 3.8) is 0 Å². The first-order valence-electron chi connectivity index (χ1n) is 10.4. The number of nitrogens with one attached hydrogen (secondary N) is 1. The maximum atomic E-state index is 13.2. The third-order valence-corrected chi connectivity index (χ3v) is 7.45. The van der Waals surface area contributed by atoms with E-state index in [0.717, 1.165) is 29.3 Å². The number of sulfonamides is 1. The van der Waals surface area contributed by atoms with Gasteiger partial charge in [0.2, 0.25) is 15.9 Å². The fraction of sp³-hybridized carbons (Fsp3) is 0.364. The summed E-state index contributed by atoms with van der Waals surface area (Å²) in [5.74, 6) is -0.792. The number of piperazine rings is 1. The van der Waals surface area contributed by atoms with Gasteiger partial charge in [0.25, 0.3) is 5.91 Å². The van der Waals surface area contributed by atoms with Crippen molar-refractivity contribution in [3.05, 3.63) is 65.2 Å².